The highest BCUT2D eigenvalue weighted by atomic mass is 16.2. The molecular formula is C21H23N3O3. The highest BCUT2D eigenvalue weighted by Crippen LogP contribution is 2.25. The Bertz CT molecular complexity index is 862. The minimum atomic E-state index is -0.659. The standard InChI is InChI=1S/C21H23N3O3/c1-13(2)19(24-20(26)14-6-4-3-5-7-14)21(27)22-16-9-10-17-15(12-16)8-11-18(25)23-17/h3-7,9-10,12-13,19H,8,11H2,1-2H3,(H,22,27)(H,23,25)(H,24,26). The van der Waals surface area contributed by atoms with Crippen molar-refractivity contribution >= 4 is 29.1 Å². The predicted octanol–water partition coefficient (Wildman–Crippen LogP) is 2.96. The number of nitrogens with one attached hydrogen (secondary N) is 3. The molecule has 3 rings (SSSR count). The van der Waals surface area contributed by atoms with Gasteiger partial charge in [-0.05, 0) is 48.2 Å². The molecule has 140 valence electrons. The van der Waals surface area contributed by atoms with Gasteiger partial charge in [-0.1, -0.05) is 32.0 Å². The molecule has 0 saturated heterocycles. The van der Waals surface area contributed by atoms with Gasteiger partial charge in [0.05, 0.1) is 0 Å². The Morgan fingerprint density at radius 3 is 2.48 bits per heavy atom. The molecule has 3 N–H and O–H groups in total. The minimum absolute atomic E-state index is 0.00258. The van der Waals surface area contributed by atoms with E-state index in [0.717, 1.165) is 11.3 Å². The predicted molar refractivity (Wildman–Crippen MR) is 105 cm³/mol. The molecule has 2 aromatic carbocycles. The number of amides is 3. The summed E-state index contributed by atoms with van der Waals surface area (Å²) >= 11 is 0. The van der Waals surface area contributed by atoms with E-state index in [2.05, 4.69) is 16.0 Å². The lowest BCUT2D eigenvalue weighted by atomic mass is 10.0. The Balaban J connectivity index is 1.70. The van der Waals surface area contributed by atoms with Crippen molar-refractivity contribution in [1.82, 2.24) is 5.32 Å². The molecule has 1 unspecified atom stereocenters. The monoisotopic (exact) mass is 365 g/mol. The molecule has 6 heteroatoms. The van der Waals surface area contributed by atoms with E-state index in [9.17, 15) is 14.4 Å². The first-order valence-electron chi connectivity index (χ1n) is 9.03. The molecule has 1 heterocycles. The van der Waals surface area contributed by atoms with Crippen LogP contribution in [0.2, 0.25) is 0 Å². The summed E-state index contributed by atoms with van der Waals surface area (Å²) in [6.45, 7) is 3.77. The molecule has 3 amide bonds. The molecular weight excluding hydrogens is 342 g/mol. The average molecular weight is 365 g/mol. The lowest BCUT2D eigenvalue weighted by Crippen LogP contribution is -2.47. The van der Waals surface area contributed by atoms with Crippen LogP contribution in [0.25, 0.3) is 0 Å². The second-order valence-electron chi connectivity index (χ2n) is 6.97. The van der Waals surface area contributed by atoms with Crippen molar-refractivity contribution in [3.8, 4) is 0 Å². The van der Waals surface area contributed by atoms with Crippen molar-refractivity contribution in [3.63, 3.8) is 0 Å². The van der Waals surface area contributed by atoms with Crippen LogP contribution in [0.1, 0.15) is 36.2 Å². The highest BCUT2D eigenvalue weighted by molar-refractivity contribution is 6.01. The Labute approximate surface area is 158 Å². The fourth-order valence-corrected chi connectivity index (χ4v) is 3.03. The van der Waals surface area contributed by atoms with Crippen LogP contribution in [0.15, 0.2) is 48.5 Å². The summed E-state index contributed by atoms with van der Waals surface area (Å²) in [6, 6.07) is 13.6. The summed E-state index contributed by atoms with van der Waals surface area (Å²) in [4.78, 5) is 36.6. The molecule has 0 saturated carbocycles. The van der Waals surface area contributed by atoms with Gasteiger partial charge in [0.1, 0.15) is 6.04 Å². The SMILES string of the molecule is CC(C)C(NC(=O)c1ccccc1)C(=O)Nc1ccc2c(c1)CCC(=O)N2. The largest absolute Gasteiger partial charge is 0.340 e. The summed E-state index contributed by atoms with van der Waals surface area (Å²) in [7, 11) is 0. The van der Waals surface area contributed by atoms with E-state index in [1.54, 1.807) is 36.4 Å². The summed E-state index contributed by atoms with van der Waals surface area (Å²) < 4.78 is 0. The van der Waals surface area contributed by atoms with Gasteiger partial charge in [-0.25, -0.2) is 0 Å². The second kappa shape index (κ2) is 8.03. The van der Waals surface area contributed by atoms with Crippen LogP contribution in [0.5, 0.6) is 0 Å². The van der Waals surface area contributed by atoms with Gasteiger partial charge < -0.3 is 16.0 Å². The zero-order chi connectivity index (χ0) is 19.4. The van der Waals surface area contributed by atoms with E-state index < -0.39 is 6.04 Å². The number of anilines is 2. The molecule has 1 aliphatic rings. The molecule has 0 spiro atoms. The number of aryl methyl sites for hydroxylation is 1. The third-order valence-electron chi connectivity index (χ3n) is 4.54. The molecule has 0 aliphatic carbocycles. The molecule has 0 bridgehead atoms. The summed E-state index contributed by atoms with van der Waals surface area (Å²) in [5.41, 5.74) is 2.93. The Kier molecular flexibility index (Phi) is 5.54. The number of carbonyl (C=O) groups is 3. The fourth-order valence-electron chi connectivity index (χ4n) is 3.03. The smallest absolute Gasteiger partial charge is 0.251 e. The molecule has 0 fully saturated rings. The molecule has 0 aromatic heterocycles. The van der Waals surface area contributed by atoms with Crippen molar-refractivity contribution in [2.45, 2.75) is 32.7 Å². The molecule has 1 atom stereocenters. The van der Waals surface area contributed by atoms with E-state index in [4.69, 9.17) is 0 Å². The van der Waals surface area contributed by atoms with Crippen molar-refractivity contribution in [2.24, 2.45) is 5.92 Å². The van der Waals surface area contributed by atoms with E-state index in [-0.39, 0.29) is 23.6 Å². The van der Waals surface area contributed by atoms with Crippen molar-refractivity contribution in [3.05, 3.63) is 59.7 Å². The van der Waals surface area contributed by atoms with Gasteiger partial charge in [0.15, 0.2) is 0 Å². The number of fused-ring (bicyclic) bond motifs is 1. The summed E-state index contributed by atoms with van der Waals surface area (Å²) in [6.07, 6.45) is 1.08. The average Bonchev–Trinajstić information content (AvgIpc) is 2.66. The number of carbonyl (C=O) groups excluding carboxylic acids is 3. The first-order chi connectivity index (χ1) is 12.9. The normalized spacial score (nSPS) is 14.1. The van der Waals surface area contributed by atoms with Gasteiger partial charge in [0.2, 0.25) is 11.8 Å². The first kappa shape index (κ1) is 18.6. The second-order valence-corrected chi connectivity index (χ2v) is 6.97. The van der Waals surface area contributed by atoms with E-state index in [1.807, 2.05) is 26.0 Å². The Morgan fingerprint density at radius 2 is 1.78 bits per heavy atom. The van der Waals surface area contributed by atoms with E-state index >= 15 is 0 Å². The minimum Gasteiger partial charge on any atom is -0.340 e. The highest BCUT2D eigenvalue weighted by Gasteiger charge is 2.25. The summed E-state index contributed by atoms with van der Waals surface area (Å²) in [5, 5.41) is 8.51. The topological polar surface area (TPSA) is 87.3 Å². The molecule has 1 aliphatic heterocycles. The van der Waals surface area contributed by atoms with Crippen LogP contribution >= 0.6 is 0 Å². The first-order valence-corrected chi connectivity index (χ1v) is 9.03. The van der Waals surface area contributed by atoms with Crippen molar-refractivity contribution in [1.29, 1.82) is 0 Å². The van der Waals surface area contributed by atoms with E-state index in [1.165, 1.54) is 0 Å². The Hall–Kier alpha value is -3.15. The summed E-state index contributed by atoms with van der Waals surface area (Å²) in [5.74, 6) is -0.621. The van der Waals surface area contributed by atoms with E-state index in [0.29, 0.717) is 24.1 Å². The lowest BCUT2D eigenvalue weighted by Gasteiger charge is -2.23. The number of rotatable bonds is 5. The van der Waals surface area contributed by atoms with Crippen molar-refractivity contribution in [2.75, 3.05) is 10.6 Å². The maximum atomic E-state index is 12.7. The van der Waals surface area contributed by atoms with Gasteiger partial charge in [-0.15, -0.1) is 0 Å². The van der Waals surface area contributed by atoms with Crippen LogP contribution in [0.4, 0.5) is 11.4 Å². The van der Waals surface area contributed by atoms with Gasteiger partial charge in [0, 0.05) is 23.4 Å². The molecule has 6 nitrogen and oxygen atoms in total. The number of hydrogen-bond donors (Lipinski definition) is 3. The zero-order valence-corrected chi connectivity index (χ0v) is 15.4. The molecule has 2 aromatic rings. The maximum absolute atomic E-state index is 12.7. The third-order valence-corrected chi connectivity index (χ3v) is 4.54. The zero-order valence-electron chi connectivity index (χ0n) is 15.4. The number of hydrogen-bond acceptors (Lipinski definition) is 3. The van der Waals surface area contributed by atoms with Gasteiger partial charge in [0.25, 0.3) is 5.91 Å². The van der Waals surface area contributed by atoms with Crippen LogP contribution in [-0.2, 0) is 16.0 Å². The van der Waals surface area contributed by atoms with Crippen LogP contribution in [0, 0.1) is 5.92 Å². The Morgan fingerprint density at radius 1 is 1.04 bits per heavy atom. The maximum Gasteiger partial charge on any atom is 0.251 e. The fraction of sp³-hybridized carbons (Fsp3) is 0.286. The van der Waals surface area contributed by atoms with Crippen molar-refractivity contribution < 1.29 is 14.4 Å². The molecule has 0 radical (unpaired) electrons. The quantitative estimate of drug-likeness (QED) is 0.761. The number of benzene rings is 2. The van der Waals surface area contributed by atoms with Gasteiger partial charge in [-0.2, -0.15) is 0 Å². The third kappa shape index (κ3) is 4.53. The lowest BCUT2D eigenvalue weighted by molar-refractivity contribution is -0.119. The molecule has 27 heavy (non-hydrogen) atoms. The van der Waals surface area contributed by atoms with Crippen LogP contribution < -0.4 is 16.0 Å². The van der Waals surface area contributed by atoms with Gasteiger partial charge in [-0.3, -0.25) is 14.4 Å². The van der Waals surface area contributed by atoms with Crippen LogP contribution in [-0.4, -0.2) is 23.8 Å². The van der Waals surface area contributed by atoms with Crippen LogP contribution in [0.3, 0.4) is 0 Å². The van der Waals surface area contributed by atoms with Gasteiger partial charge >= 0.3 is 0 Å².